The van der Waals surface area contributed by atoms with Gasteiger partial charge in [-0.15, -0.1) is 0 Å². The van der Waals surface area contributed by atoms with Gasteiger partial charge in [-0.1, -0.05) is 0 Å². The van der Waals surface area contributed by atoms with E-state index in [0.29, 0.717) is 26.4 Å². The third-order valence-corrected chi connectivity index (χ3v) is 7.00. The Hall–Kier alpha value is -1.55. The van der Waals surface area contributed by atoms with E-state index in [-0.39, 0.29) is 17.6 Å². The zero-order valence-electron chi connectivity index (χ0n) is 13.8. The Kier molecular flexibility index (Phi) is 6.45. The van der Waals surface area contributed by atoms with Gasteiger partial charge in [-0.3, -0.25) is 5.32 Å². The summed E-state index contributed by atoms with van der Waals surface area (Å²) in [4.78, 5) is 22.1. The van der Waals surface area contributed by atoms with E-state index >= 15 is 0 Å². The molecule has 1 saturated heterocycles. The molecule has 9 heteroatoms. The first-order valence-electron chi connectivity index (χ1n) is 7.93. The van der Waals surface area contributed by atoms with E-state index in [1.807, 2.05) is 20.8 Å². The highest BCUT2D eigenvalue weighted by molar-refractivity contribution is 6.63. The third-order valence-electron chi connectivity index (χ3n) is 3.51. The van der Waals surface area contributed by atoms with Gasteiger partial charge in [0, 0.05) is 38.8 Å². The molecule has 1 aromatic rings. The second-order valence-electron chi connectivity index (χ2n) is 4.90. The van der Waals surface area contributed by atoms with E-state index in [1.54, 1.807) is 23.4 Å². The molecule has 1 aliphatic heterocycles. The molecule has 0 aromatic carbocycles. The van der Waals surface area contributed by atoms with Crippen molar-refractivity contribution >= 4 is 20.8 Å². The number of carbonyl (C=O) groups excluding carboxylic acids is 1. The number of carbonyl (C=O) groups is 1. The molecular formula is C14H24N4O4Si. The SMILES string of the molecule is CCO[Si](OCC)(OCC)C1CCN1C(=O)Nc1ncccn1. The molecule has 0 aliphatic carbocycles. The fourth-order valence-electron chi connectivity index (χ4n) is 2.55. The van der Waals surface area contributed by atoms with Gasteiger partial charge in [0.15, 0.2) is 0 Å². The molecule has 2 amide bonds. The Balaban J connectivity index is 2.09. The van der Waals surface area contributed by atoms with Crippen LogP contribution in [0.2, 0.25) is 0 Å². The summed E-state index contributed by atoms with van der Waals surface area (Å²) < 4.78 is 17.7. The fraction of sp³-hybridized carbons (Fsp3) is 0.643. The van der Waals surface area contributed by atoms with Crippen LogP contribution in [0.1, 0.15) is 27.2 Å². The molecule has 23 heavy (non-hydrogen) atoms. The summed E-state index contributed by atoms with van der Waals surface area (Å²) in [5, 5.41) is 2.69. The average molecular weight is 340 g/mol. The number of hydrogen-bond donors (Lipinski definition) is 1. The second-order valence-corrected chi connectivity index (χ2v) is 7.64. The van der Waals surface area contributed by atoms with Gasteiger partial charge >= 0.3 is 14.8 Å². The predicted molar refractivity (Wildman–Crippen MR) is 86.8 cm³/mol. The van der Waals surface area contributed by atoms with Gasteiger partial charge in [-0.2, -0.15) is 0 Å². The van der Waals surface area contributed by atoms with E-state index in [9.17, 15) is 4.79 Å². The summed E-state index contributed by atoms with van der Waals surface area (Å²) in [6.45, 7) is 7.80. The molecule has 0 spiro atoms. The Bertz CT molecular complexity index is 488. The van der Waals surface area contributed by atoms with Gasteiger partial charge in [0.05, 0.1) is 0 Å². The molecule has 8 nitrogen and oxygen atoms in total. The smallest absolute Gasteiger partial charge is 0.373 e. The fourth-order valence-corrected chi connectivity index (χ4v) is 5.69. The van der Waals surface area contributed by atoms with Crippen LogP contribution in [0, 0.1) is 0 Å². The maximum Gasteiger partial charge on any atom is 0.524 e. The highest BCUT2D eigenvalue weighted by Crippen LogP contribution is 2.30. The number of anilines is 1. The lowest BCUT2D eigenvalue weighted by Crippen LogP contribution is -2.70. The molecule has 1 N–H and O–H groups in total. The highest BCUT2D eigenvalue weighted by atomic mass is 28.4. The zero-order chi connectivity index (χ0) is 16.7. The number of rotatable bonds is 8. The van der Waals surface area contributed by atoms with E-state index in [4.69, 9.17) is 13.3 Å². The van der Waals surface area contributed by atoms with Crippen LogP contribution in [0.15, 0.2) is 18.5 Å². The summed E-state index contributed by atoms with van der Waals surface area (Å²) in [7, 11) is -2.93. The molecule has 1 unspecified atom stereocenters. The number of nitrogens with zero attached hydrogens (tertiary/aromatic N) is 3. The van der Waals surface area contributed by atoms with Crippen LogP contribution in [0.4, 0.5) is 10.7 Å². The summed E-state index contributed by atoms with van der Waals surface area (Å²) in [5.41, 5.74) is -0.175. The van der Waals surface area contributed by atoms with Gasteiger partial charge in [-0.25, -0.2) is 14.8 Å². The van der Waals surface area contributed by atoms with Gasteiger partial charge in [0.2, 0.25) is 5.95 Å². The molecule has 1 fully saturated rings. The first-order chi connectivity index (χ1) is 11.2. The lowest BCUT2D eigenvalue weighted by atomic mass is 10.2. The number of hydrogen-bond acceptors (Lipinski definition) is 6. The first-order valence-corrected chi connectivity index (χ1v) is 9.73. The van der Waals surface area contributed by atoms with Crippen LogP contribution < -0.4 is 5.32 Å². The molecule has 0 saturated carbocycles. The maximum absolute atomic E-state index is 12.5. The zero-order valence-corrected chi connectivity index (χ0v) is 14.8. The van der Waals surface area contributed by atoms with E-state index in [0.717, 1.165) is 6.42 Å². The number of amides is 2. The minimum atomic E-state index is -2.93. The van der Waals surface area contributed by atoms with Crippen molar-refractivity contribution in [1.29, 1.82) is 0 Å². The minimum absolute atomic E-state index is 0.175. The van der Waals surface area contributed by atoms with Gasteiger partial charge < -0.3 is 18.2 Å². The Morgan fingerprint density at radius 2 is 1.78 bits per heavy atom. The summed E-state index contributed by atoms with van der Waals surface area (Å²) in [5.74, 6) is 0.277. The van der Waals surface area contributed by atoms with Crippen molar-refractivity contribution < 1.29 is 18.1 Å². The number of likely N-dealkylation sites (tertiary alicyclic amines) is 1. The lowest BCUT2D eigenvalue weighted by molar-refractivity contribution is 0.0200. The van der Waals surface area contributed by atoms with Crippen LogP contribution in [0.3, 0.4) is 0 Å². The van der Waals surface area contributed by atoms with E-state index in [1.165, 1.54) is 0 Å². The molecule has 1 atom stereocenters. The van der Waals surface area contributed by atoms with Crippen molar-refractivity contribution in [3.05, 3.63) is 18.5 Å². The minimum Gasteiger partial charge on any atom is -0.373 e. The monoisotopic (exact) mass is 340 g/mol. The van der Waals surface area contributed by atoms with Gasteiger partial charge in [0.25, 0.3) is 0 Å². The first kappa shape index (κ1) is 17.8. The molecular weight excluding hydrogens is 316 g/mol. The van der Waals surface area contributed by atoms with Crippen LogP contribution >= 0.6 is 0 Å². The van der Waals surface area contributed by atoms with E-state index < -0.39 is 8.80 Å². The summed E-state index contributed by atoms with van der Waals surface area (Å²) in [6, 6.07) is 1.43. The second kappa shape index (κ2) is 8.34. The van der Waals surface area contributed by atoms with Crippen LogP contribution in [0.5, 0.6) is 0 Å². The van der Waals surface area contributed by atoms with Gasteiger partial charge in [-0.05, 0) is 33.3 Å². The molecule has 2 rings (SSSR count). The third kappa shape index (κ3) is 4.05. The Labute approximate surface area is 137 Å². The van der Waals surface area contributed by atoms with Crippen LogP contribution in [-0.4, -0.2) is 61.7 Å². The summed E-state index contributed by atoms with van der Waals surface area (Å²) >= 11 is 0. The molecule has 1 aliphatic rings. The Morgan fingerprint density at radius 1 is 1.22 bits per heavy atom. The topological polar surface area (TPSA) is 85.8 Å². The largest absolute Gasteiger partial charge is 0.524 e. The summed E-state index contributed by atoms with van der Waals surface area (Å²) in [6.07, 6.45) is 3.96. The number of aromatic nitrogens is 2. The van der Waals surface area contributed by atoms with Crippen molar-refractivity contribution in [3.63, 3.8) is 0 Å². The molecule has 1 aromatic heterocycles. The molecule has 128 valence electrons. The molecule has 2 heterocycles. The standard InChI is InChI=1S/C14H24N4O4Si/c1-4-20-23(21-5-2,22-6-3)12-8-11-18(12)14(19)17-13-15-9-7-10-16-13/h7,9-10,12H,4-6,8,11H2,1-3H3,(H,15,16,17,19). The Morgan fingerprint density at radius 3 is 2.22 bits per heavy atom. The number of urea groups is 1. The van der Waals surface area contributed by atoms with Crippen molar-refractivity contribution in [3.8, 4) is 0 Å². The highest BCUT2D eigenvalue weighted by Gasteiger charge is 2.57. The maximum atomic E-state index is 12.5. The molecule has 0 bridgehead atoms. The predicted octanol–water partition coefficient (Wildman–Crippen LogP) is 1.67. The quantitative estimate of drug-likeness (QED) is 0.725. The number of nitrogens with one attached hydrogen (secondary N) is 1. The van der Waals surface area contributed by atoms with Crippen LogP contribution in [-0.2, 0) is 13.3 Å². The lowest BCUT2D eigenvalue weighted by Gasteiger charge is -2.47. The van der Waals surface area contributed by atoms with E-state index in [2.05, 4.69) is 15.3 Å². The van der Waals surface area contributed by atoms with Crippen molar-refractivity contribution in [2.24, 2.45) is 0 Å². The normalized spacial score (nSPS) is 17.7. The van der Waals surface area contributed by atoms with Crippen LogP contribution in [0.25, 0.3) is 0 Å². The molecule has 0 radical (unpaired) electrons. The van der Waals surface area contributed by atoms with Gasteiger partial charge in [0.1, 0.15) is 5.67 Å². The van der Waals surface area contributed by atoms with Crippen molar-refractivity contribution in [2.45, 2.75) is 32.9 Å². The van der Waals surface area contributed by atoms with Crippen molar-refractivity contribution in [2.75, 3.05) is 31.7 Å². The van der Waals surface area contributed by atoms with Crippen molar-refractivity contribution in [1.82, 2.24) is 14.9 Å². The average Bonchev–Trinajstić information content (AvgIpc) is 2.47.